The van der Waals surface area contributed by atoms with Crippen molar-refractivity contribution in [3.63, 3.8) is 0 Å². The lowest BCUT2D eigenvalue weighted by molar-refractivity contribution is 0.0991. The predicted octanol–water partition coefficient (Wildman–Crippen LogP) is 2.99. The Morgan fingerprint density at radius 3 is 2.77 bits per heavy atom. The van der Waals surface area contributed by atoms with Crippen LogP contribution in [0.1, 0.15) is 39.2 Å². The van der Waals surface area contributed by atoms with Crippen LogP contribution >= 0.6 is 11.3 Å². The van der Waals surface area contributed by atoms with Crippen LogP contribution in [0.3, 0.4) is 0 Å². The third-order valence-corrected chi connectivity index (χ3v) is 4.33. The highest BCUT2D eigenvalue weighted by molar-refractivity contribution is 7.09. The van der Waals surface area contributed by atoms with Gasteiger partial charge in [0.1, 0.15) is 5.76 Å². The number of nitrogens with two attached hydrogens (primary N) is 1. The van der Waals surface area contributed by atoms with Gasteiger partial charge in [-0.1, -0.05) is 35.5 Å². The summed E-state index contributed by atoms with van der Waals surface area (Å²) in [5, 5.41) is 6.71. The molecule has 2 heterocycles. The molecule has 6 heteroatoms. The summed E-state index contributed by atoms with van der Waals surface area (Å²) in [6.45, 7) is 0. The first-order valence-electron chi connectivity index (χ1n) is 6.94. The highest BCUT2D eigenvalue weighted by Crippen LogP contribution is 2.30. The van der Waals surface area contributed by atoms with Crippen molar-refractivity contribution in [2.45, 2.75) is 18.8 Å². The molecule has 0 radical (unpaired) electrons. The number of aryl methyl sites for hydroxylation is 1. The summed E-state index contributed by atoms with van der Waals surface area (Å²) in [6.07, 6.45) is 3.31. The fourth-order valence-electron chi connectivity index (χ4n) is 2.36. The molecule has 1 amide bonds. The van der Waals surface area contributed by atoms with Gasteiger partial charge >= 0.3 is 0 Å². The van der Waals surface area contributed by atoms with Crippen molar-refractivity contribution in [2.24, 2.45) is 5.73 Å². The van der Waals surface area contributed by atoms with Gasteiger partial charge in [-0.3, -0.25) is 4.79 Å². The van der Waals surface area contributed by atoms with E-state index in [0.717, 1.165) is 11.4 Å². The highest BCUT2D eigenvalue weighted by Gasteiger charge is 2.18. The average molecular weight is 313 g/mol. The number of carbonyl (C=O) groups excluding carboxylic acids is 1. The van der Waals surface area contributed by atoms with Gasteiger partial charge in [-0.25, -0.2) is 4.98 Å². The summed E-state index contributed by atoms with van der Waals surface area (Å²) in [5.41, 5.74) is 6.56. The van der Waals surface area contributed by atoms with Crippen LogP contribution in [-0.4, -0.2) is 16.0 Å². The molecule has 3 rings (SSSR count). The smallest absolute Gasteiger partial charge is 0.270 e. The van der Waals surface area contributed by atoms with E-state index in [2.05, 4.69) is 22.3 Å². The molecule has 0 saturated carbocycles. The van der Waals surface area contributed by atoms with Crippen molar-refractivity contribution in [3.05, 3.63) is 70.0 Å². The van der Waals surface area contributed by atoms with Gasteiger partial charge in [-0.05, 0) is 12.0 Å². The zero-order valence-electron chi connectivity index (χ0n) is 11.8. The summed E-state index contributed by atoms with van der Waals surface area (Å²) in [5.74, 6) is 0.282. The number of hydrogen-bond donors (Lipinski definition) is 1. The van der Waals surface area contributed by atoms with Crippen molar-refractivity contribution >= 4 is 17.2 Å². The molecule has 5 nitrogen and oxygen atoms in total. The van der Waals surface area contributed by atoms with Crippen molar-refractivity contribution in [1.29, 1.82) is 0 Å². The second-order valence-corrected chi connectivity index (χ2v) is 5.84. The third kappa shape index (κ3) is 3.23. The van der Waals surface area contributed by atoms with Crippen LogP contribution in [-0.2, 0) is 6.42 Å². The van der Waals surface area contributed by atoms with Gasteiger partial charge in [0.15, 0.2) is 5.69 Å². The van der Waals surface area contributed by atoms with Crippen LogP contribution < -0.4 is 5.73 Å². The molecule has 3 aromatic rings. The molecule has 0 aliphatic heterocycles. The van der Waals surface area contributed by atoms with Crippen LogP contribution in [0.5, 0.6) is 0 Å². The molecule has 0 bridgehead atoms. The second-order valence-electron chi connectivity index (χ2n) is 4.92. The van der Waals surface area contributed by atoms with Gasteiger partial charge in [-0.2, -0.15) is 0 Å². The number of thiazole rings is 1. The summed E-state index contributed by atoms with van der Waals surface area (Å²) in [6, 6.07) is 11.8. The molecule has 0 spiro atoms. The molecule has 1 atom stereocenters. The van der Waals surface area contributed by atoms with Crippen LogP contribution in [0.15, 0.2) is 52.5 Å². The molecule has 0 aliphatic carbocycles. The van der Waals surface area contributed by atoms with E-state index in [1.165, 1.54) is 5.56 Å². The van der Waals surface area contributed by atoms with Crippen molar-refractivity contribution in [1.82, 2.24) is 10.1 Å². The minimum atomic E-state index is -0.575. The van der Waals surface area contributed by atoms with Crippen molar-refractivity contribution in [2.75, 3.05) is 0 Å². The van der Waals surface area contributed by atoms with E-state index >= 15 is 0 Å². The van der Waals surface area contributed by atoms with E-state index in [-0.39, 0.29) is 11.6 Å². The maximum atomic E-state index is 11.1. The maximum Gasteiger partial charge on any atom is 0.270 e. The molecular weight excluding hydrogens is 298 g/mol. The molecule has 2 aromatic heterocycles. The number of nitrogens with zero attached hydrogens (tertiary/aromatic N) is 2. The van der Waals surface area contributed by atoms with Gasteiger partial charge in [0.05, 0.1) is 5.01 Å². The fraction of sp³-hybridized carbons (Fsp3) is 0.188. The van der Waals surface area contributed by atoms with Gasteiger partial charge in [-0.15, -0.1) is 11.3 Å². The Hall–Kier alpha value is -2.47. The quantitative estimate of drug-likeness (QED) is 0.758. The molecule has 22 heavy (non-hydrogen) atoms. The largest absolute Gasteiger partial charge is 0.364 e. The highest BCUT2D eigenvalue weighted by atomic mass is 32.1. The number of hydrogen-bond acceptors (Lipinski definition) is 5. The lowest BCUT2D eigenvalue weighted by Crippen LogP contribution is -2.10. The van der Waals surface area contributed by atoms with Gasteiger partial charge < -0.3 is 10.3 Å². The van der Waals surface area contributed by atoms with E-state index < -0.39 is 5.91 Å². The SMILES string of the molecule is NC(=O)c1cc(CCC(c2ccccc2)c2nccs2)on1. The zero-order valence-corrected chi connectivity index (χ0v) is 12.6. The summed E-state index contributed by atoms with van der Waals surface area (Å²) in [4.78, 5) is 15.5. The van der Waals surface area contributed by atoms with E-state index in [1.807, 2.05) is 29.8 Å². The summed E-state index contributed by atoms with van der Waals surface area (Å²) >= 11 is 1.64. The number of aromatic nitrogens is 2. The summed E-state index contributed by atoms with van der Waals surface area (Å²) in [7, 11) is 0. The Bertz CT molecular complexity index is 738. The van der Waals surface area contributed by atoms with Crippen LogP contribution in [0.2, 0.25) is 0 Å². The van der Waals surface area contributed by atoms with Gasteiger partial charge in [0.25, 0.3) is 5.91 Å². The van der Waals surface area contributed by atoms with E-state index in [4.69, 9.17) is 10.3 Å². The Morgan fingerprint density at radius 1 is 1.32 bits per heavy atom. The molecule has 112 valence electrons. The topological polar surface area (TPSA) is 82.0 Å². The molecular formula is C16H15N3O2S. The third-order valence-electron chi connectivity index (χ3n) is 3.44. The molecule has 0 fully saturated rings. The Morgan fingerprint density at radius 2 is 2.14 bits per heavy atom. The molecule has 1 unspecified atom stereocenters. The normalized spacial score (nSPS) is 12.2. The van der Waals surface area contributed by atoms with Crippen molar-refractivity contribution in [3.8, 4) is 0 Å². The first-order valence-corrected chi connectivity index (χ1v) is 7.81. The minimum absolute atomic E-state index is 0.167. The van der Waals surface area contributed by atoms with Gasteiger partial charge in [0, 0.05) is 30.0 Å². The molecule has 0 saturated heterocycles. The van der Waals surface area contributed by atoms with Crippen LogP contribution in [0.25, 0.3) is 0 Å². The average Bonchev–Trinajstić information content (AvgIpc) is 3.20. The first-order chi connectivity index (χ1) is 10.7. The van der Waals surface area contributed by atoms with E-state index in [9.17, 15) is 4.79 Å². The van der Waals surface area contributed by atoms with Crippen LogP contribution in [0.4, 0.5) is 0 Å². The number of rotatable bonds is 6. The Kier molecular flexibility index (Phi) is 4.29. The number of amides is 1. The second kappa shape index (κ2) is 6.53. The standard InChI is InChI=1S/C16H15N3O2S/c17-15(20)14-10-12(21-19-14)6-7-13(16-18-8-9-22-16)11-4-2-1-3-5-11/h1-5,8-10,13H,6-7H2,(H2,17,20). The predicted molar refractivity (Wildman–Crippen MR) is 83.7 cm³/mol. The molecule has 0 aliphatic rings. The van der Waals surface area contributed by atoms with E-state index in [1.54, 1.807) is 17.4 Å². The number of benzene rings is 1. The summed E-state index contributed by atoms with van der Waals surface area (Å²) < 4.78 is 5.16. The van der Waals surface area contributed by atoms with Gasteiger partial charge in [0.2, 0.25) is 0 Å². The lowest BCUT2D eigenvalue weighted by atomic mass is 9.94. The van der Waals surface area contributed by atoms with Crippen molar-refractivity contribution < 1.29 is 9.32 Å². The number of carbonyl (C=O) groups is 1. The zero-order chi connectivity index (χ0) is 15.4. The Labute approximate surface area is 131 Å². The molecule has 2 N–H and O–H groups in total. The molecule has 1 aromatic carbocycles. The van der Waals surface area contributed by atoms with E-state index in [0.29, 0.717) is 12.2 Å². The first kappa shape index (κ1) is 14.5. The lowest BCUT2D eigenvalue weighted by Gasteiger charge is -2.13. The Balaban J connectivity index is 1.77. The number of primary amides is 1. The fourth-order valence-corrected chi connectivity index (χ4v) is 3.16. The monoisotopic (exact) mass is 313 g/mol. The maximum absolute atomic E-state index is 11.1. The minimum Gasteiger partial charge on any atom is -0.364 e. The van der Waals surface area contributed by atoms with Crippen LogP contribution in [0, 0.1) is 0 Å².